The van der Waals surface area contributed by atoms with Crippen LogP contribution in [-0.4, -0.2) is 24.7 Å². The predicted molar refractivity (Wildman–Crippen MR) is 79.0 cm³/mol. The molecule has 5 nitrogen and oxygen atoms in total. The number of halogens is 2. The quantitative estimate of drug-likeness (QED) is 0.745. The molecule has 116 valence electrons. The molecule has 0 unspecified atom stereocenters. The van der Waals surface area contributed by atoms with E-state index in [-0.39, 0.29) is 11.5 Å². The van der Waals surface area contributed by atoms with Crippen LogP contribution in [0.4, 0.5) is 8.78 Å². The van der Waals surface area contributed by atoms with Crippen LogP contribution >= 0.6 is 0 Å². The number of pyridine rings is 2. The molecule has 0 N–H and O–H groups in total. The fraction of sp³-hybridized carbons (Fsp3) is 0.250. The van der Waals surface area contributed by atoms with E-state index in [0.29, 0.717) is 11.7 Å². The number of rotatable bonds is 3. The summed E-state index contributed by atoms with van der Waals surface area (Å²) in [5.41, 5.74) is 1.52. The molecule has 0 amide bonds. The molecular formula is C16H13F2N5. The summed E-state index contributed by atoms with van der Waals surface area (Å²) in [5.74, 6) is -0.234. The first-order valence-corrected chi connectivity index (χ1v) is 7.33. The minimum atomic E-state index is -0.758. The molecule has 1 aliphatic rings. The summed E-state index contributed by atoms with van der Waals surface area (Å²) in [6.07, 6.45) is 4.68. The first-order chi connectivity index (χ1) is 11.1. The van der Waals surface area contributed by atoms with Gasteiger partial charge in [-0.25, -0.2) is 23.4 Å². The molecule has 3 aromatic heterocycles. The highest BCUT2D eigenvalue weighted by atomic mass is 19.1. The SMILES string of the molecule is Cc1cc(-n2nc(C3CC3)nc2-c2ncc(F)cc2F)ccn1. The maximum atomic E-state index is 14.1. The fourth-order valence-corrected chi connectivity index (χ4v) is 2.42. The Bertz CT molecular complexity index is 886. The van der Waals surface area contributed by atoms with Crippen molar-refractivity contribution >= 4 is 0 Å². The van der Waals surface area contributed by atoms with Gasteiger partial charge in [0.2, 0.25) is 0 Å². The van der Waals surface area contributed by atoms with Crippen LogP contribution in [0.15, 0.2) is 30.6 Å². The van der Waals surface area contributed by atoms with E-state index in [4.69, 9.17) is 0 Å². The van der Waals surface area contributed by atoms with Crippen LogP contribution in [0.25, 0.3) is 17.2 Å². The van der Waals surface area contributed by atoms with E-state index >= 15 is 0 Å². The Balaban J connectivity index is 1.91. The summed E-state index contributed by atoms with van der Waals surface area (Å²) >= 11 is 0. The number of nitrogens with zero attached hydrogens (tertiary/aromatic N) is 5. The van der Waals surface area contributed by atoms with Gasteiger partial charge in [0.15, 0.2) is 17.5 Å². The zero-order chi connectivity index (χ0) is 16.0. The van der Waals surface area contributed by atoms with Crippen molar-refractivity contribution in [1.29, 1.82) is 0 Å². The van der Waals surface area contributed by atoms with Crippen molar-refractivity contribution in [3.63, 3.8) is 0 Å². The Hall–Kier alpha value is -2.70. The summed E-state index contributed by atoms with van der Waals surface area (Å²) in [7, 11) is 0. The molecule has 0 aliphatic heterocycles. The molecule has 1 fully saturated rings. The van der Waals surface area contributed by atoms with Crippen LogP contribution in [0, 0.1) is 18.6 Å². The van der Waals surface area contributed by atoms with Crippen molar-refractivity contribution in [3.8, 4) is 17.2 Å². The Kier molecular flexibility index (Phi) is 3.14. The van der Waals surface area contributed by atoms with Gasteiger partial charge in [0.1, 0.15) is 11.5 Å². The van der Waals surface area contributed by atoms with Crippen molar-refractivity contribution in [2.24, 2.45) is 0 Å². The first-order valence-electron chi connectivity index (χ1n) is 7.33. The summed E-state index contributed by atoms with van der Waals surface area (Å²) in [4.78, 5) is 12.5. The summed E-state index contributed by atoms with van der Waals surface area (Å²) < 4.78 is 28.8. The monoisotopic (exact) mass is 313 g/mol. The summed E-state index contributed by atoms with van der Waals surface area (Å²) in [6.45, 7) is 1.86. The van der Waals surface area contributed by atoms with Crippen molar-refractivity contribution in [3.05, 3.63) is 53.7 Å². The molecule has 0 atom stereocenters. The van der Waals surface area contributed by atoms with Gasteiger partial charge in [-0.2, -0.15) is 5.10 Å². The fourth-order valence-electron chi connectivity index (χ4n) is 2.42. The van der Waals surface area contributed by atoms with Crippen LogP contribution in [0.5, 0.6) is 0 Å². The van der Waals surface area contributed by atoms with E-state index in [1.54, 1.807) is 16.9 Å². The van der Waals surface area contributed by atoms with Crippen LogP contribution in [0.3, 0.4) is 0 Å². The molecule has 3 heterocycles. The average Bonchev–Trinajstić information content (AvgIpc) is 3.27. The molecule has 0 spiro atoms. The van der Waals surface area contributed by atoms with Crippen LogP contribution in [0.1, 0.15) is 30.3 Å². The predicted octanol–water partition coefficient (Wildman–Crippen LogP) is 3.19. The molecule has 0 aromatic carbocycles. The third-order valence-corrected chi connectivity index (χ3v) is 3.71. The van der Waals surface area contributed by atoms with Gasteiger partial charge in [-0.3, -0.25) is 4.98 Å². The van der Waals surface area contributed by atoms with Gasteiger partial charge in [-0.15, -0.1) is 0 Å². The molecule has 1 saturated carbocycles. The van der Waals surface area contributed by atoms with Gasteiger partial charge in [0.25, 0.3) is 0 Å². The third kappa shape index (κ3) is 2.58. The molecule has 0 radical (unpaired) electrons. The average molecular weight is 313 g/mol. The Morgan fingerprint density at radius 1 is 1.17 bits per heavy atom. The normalized spacial score (nSPS) is 14.2. The lowest BCUT2D eigenvalue weighted by atomic mass is 10.3. The number of hydrogen-bond donors (Lipinski definition) is 0. The zero-order valence-electron chi connectivity index (χ0n) is 12.4. The second kappa shape index (κ2) is 5.19. The van der Waals surface area contributed by atoms with E-state index in [1.807, 2.05) is 13.0 Å². The van der Waals surface area contributed by atoms with Gasteiger partial charge in [0, 0.05) is 23.9 Å². The molecule has 0 bridgehead atoms. The zero-order valence-corrected chi connectivity index (χ0v) is 12.4. The van der Waals surface area contributed by atoms with E-state index in [0.717, 1.165) is 36.5 Å². The smallest absolute Gasteiger partial charge is 0.184 e. The summed E-state index contributed by atoms with van der Waals surface area (Å²) in [5, 5.41) is 4.50. The summed E-state index contributed by atoms with van der Waals surface area (Å²) in [6, 6.07) is 4.40. The van der Waals surface area contributed by atoms with Crippen molar-refractivity contribution in [1.82, 2.24) is 24.7 Å². The number of aromatic nitrogens is 5. The largest absolute Gasteiger partial charge is 0.261 e. The Morgan fingerprint density at radius 3 is 2.70 bits per heavy atom. The van der Waals surface area contributed by atoms with Gasteiger partial charge < -0.3 is 0 Å². The maximum absolute atomic E-state index is 14.1. The molecule has 1 aliphatic carbocycles. The molecular weight excluding hydrogens is 300 g/mol. The highest BCUT2D eigenvalue weighted by molar-refractivity contribution is 5.54. The topological polar surface area (TPSA) is 56.5 Å². The van der Waals surface area contributed by atoms with E-state index < -0.39 is 11.6 Å². The molecule has 3 aromatic rings. The van der Waals surface area contributed by atoms with Crippen molar-refractivity contribution in [2.45, 2.75) is 25.7 Å². The minimum absolute atomic E-state index is 0.0136. The Labute approximate surface area is 131 Å². The lowest BCUT2D eigenvalue weighted by molar-refractivity contribution is 0.574. The second-order valence-corrected chi connectivity index (χ2v) is 5.62. The van der Waals surface area contributed by atoms with E-state index in [9.17, 15) is 8.78 Å². The van der Waals surface area contributed by atoms with Crippen LogP contribution in [-0.2, 0) is 0 Å². The maximum Gasteiger partial charge on any atom is 0.184 e. The lowest BCUT2D eigenvalue weighted by Gasteiger charge is -2.06. The lowest BCUT2D eigenvalue weighted by Crippen LogP contribution is -2.03. The Morgan fingerprint density at radius 2 is 2.00 bits per heavy atom. The highest BCUT2D eigenvalue weighted by Gasteiger charge is 2.30. The minimum Gasteiger partial charge on any atom is -0.261 e. The van der Waals surface area contributed by atoms with Gasteiger partial charge in [-0.05, 0) is 31.9 Å². The van der Waals surface area contributed by atoms with Crippen molar-refractivity contribution < 1.29 is 8.78 Å². The third-order valence-electron chi connectivity index (χ3n) is 3.71. The van der Waals surface area contributed by atoms with Gasteiger partial charge in [-0.1, -0.05) is 0 Å². The molecule has 7 heteroatoms. The van der Waals surface area contributed by atoms with Crippen LogP contribution in [0.2, 0.25) is 0 Å². The molecule has 0 saturated heterocycles. The standard InChI is InChI=1S/C16H13F2N5/c1-9-6-12(4-5-19-9)23-16(21-15(22-23)10-2-3-10)14-13(18)7-11(17)8-20-14/h4-8,10H,2-3H2,1H3. The van der Waals surface area contributed by atoms with Gasteiger partial charge in [0.05, 0.1) is 11.9 Å². The molecule has 23 heavy (non-hydrogen) atoms. The first kappa shape index (κ1) is 13.9. The van der Waals surface area contributed by atoms with Crippen molar-refractivity contribution in [2.75, 3.05) is 0 Å². The number of aryl methyl sites for hydroxylation is 1. The second-order valence-electron chi connectivity index (χ2n) is 5.62. The highest BCUT2D eigenvalue weighted by Crippen LogP contribution is 2.39. The molecule has 4 rings (SSSR count). The van der Waals surface area contributed by atoms with Gasteiger partial charge >= 0.3 is 0 Å². The number of hydrogen-bond acceptors (Lipinski definition) is 4. The van der Waals surface area contributed by atoms with E-state index in [2.05, 4.69) is 20.1 Å². The van der Waals surface area contributed by atoms with E-state index in [1.165, 1.54) is 0 Å². The van der Waals surface area contributed by atoms with Crippen LogP contribution < -0.4 is 0 Å².